The molecule has 2 heterocycles. The second-order valence-electron chi connectivity index (χ2n) is 2.32. The van der Waals surface area contributed by atoms with E-state index in [2.05, 4.69) is 26.1 Å². The van der Waals surface area contributed by atoms with Gasteiger partial charge < -0.3 is 9.51 Å². The molecule has 6 heteroatoms. The molecule has 2 aromatic heterocycles. The van der Waals surface area contributed by atoms with Crippen molar-refractivity contribution in [3.8, 4) is 6.07 Å². The number of fused-ring (bicyclic) bond motifs is 1. The Bertz CT molecular complexity index is 563. The molecule has 0 saturated heterocycles. The number of hydrogen-bond acceptors (Lipinski definition) is 4. The number of rotatable bonds is 0. The Morgan fingerprint density at radius 2 is 2.46 bits per heavy atom. The summed E-state index contributed by atoms with van der Waals surface area (Å²) in [4.78, 5) is 14.1. The van der Waals surface area contributed by atoms with E-state index in [4.69, 9.17) is 9.78 Å². The largest absolute Gasteiger partial charge is 0.337 e. The highest BCUT2D eigenvalue weighted by Gasteiger charge is 2.12. The average molecular weight is 240 g/mol. The molecule has 0 bridgehead atoms. The lowest BCUT2D eigenvalue weighted by molar-refractivity contribution is 0.444. The third-order valence-electron chi connectivity index (χ3n) is 1.59. The van der Waals surface area contributed by atoms with Gasteiger partial charge in [0.25, 0.3) is 0 Å². The van der Waals surface area contributed by atoms with Crippen molar-refractivity contribution in [3.05, 3.63) is 26.6 Å². The molecule has 0 radical (unpaired) electrons. The van der Waals surface area contributed by atoms with Gasteiger partial charge >= 0.3 is 0 Å². The predicted octanol–water partition coefficient (Wildman–Crippen LogP) is 1.15. The van der Waals surface area contributed by atoms with E-state index in [9.17, 15) is 4.79 Å². The van der Waals surface area contributed by atoms with Crippen LogP contribution in [0.5, 0.6) is 0 Å². The van der Waals surface area contributed by atoms with Gasteiger partial charge in [-0.2, -0.15) is 5.26 Å². The quantitative estimate of drug-likeness (QED) is 0.748. The number of nitriles is 1. The van der Waals surface area contributed by atoms with E-state index in [0.717, 1.165) is 0 Å². The summed E-state index contributed by atoms with van der Waals surface area (Å²) in [7, 11) is 0. The Balaban J connectivity index is 3.03. The maximum absolute atomic E-state index is 11.5. The van der Waals surface area contributed by atoms with Crippen LogP contribution in [0.4, 0.5) is 0 Å². The average Bonchev–Trinajstić information content (AvgIpc) is 2.49. The van der Waals surface area contributed by atoms with Gasteiger partial charge in [0.2, 0.25) is 11.1 Å². The molecule has 0 atom stereocenters. The number of H-pyrrole nitrogens is 1. The van der Waals surface area contributed by atoms with Crippen molar-refractivity contribution in [2.24, 2.45) is 0 Å². The fourth-order valence-electron chi connectivity index (χ4n) is 0.987. The fourth-order valence-corrected chi connectivity index (χ4v) is 1.42. The summed E-state index contributed by atoms with van der Waals surface area (Å²) in [5.41, 5.74) is -0.0864. The van der Waals surface area contributed by atoms with E-state index in [-0.39, 0.29) is 22.1 Å². The van der Waals surface area contributed by atoms with Gasteiger partial charge in [-0.05, 0) is 15.9 Å². The zero-order valence-electron chi connectivity index (χ0n) is 6.17. The Hall–Kier alpha value is -1.61. The summed E-state index contributed by atoms with van der Waals surface area (Å²) >= 11 is 3.05. The molecule has 0 aliphatic carbocycles. The number of aromatic nitrogens is 2. The number of aromatic amines is 1. The first kappa shape index (κ1) is 8.01. The molecule has 5 nitrogen and oxygen atoms in total. The topological polar surface area (TPSA) is 82.7 Å². The second kappa shape index (κ2) is 2.71. The molecule has 1 N–H and O–H groups in total. The van der Waals surface area contributed by atoms with Crippen molar-refractivity contribution in [3.63, 3.8) is 0 Å². The Kier molecular flexibility index (Phi) is 1.67. The van der Waals surface area contributed by atoms with Crippen LogP contribution in [0.3, 0.4) is 0 Å². The third kappa shape index (κ3) is 1.05. The van der Waals surface area contributed by atoms with Crippen LogP contribution in [0.2, 0.25) is 0 Å². The number of nitrogens with one attached hydrogen (secondary N) is 1. The highest BCUT2D eigenvalue weighted by atomic mass is 79.9. The lowest BCUT2D eigenvalue weighted by Gasteiger charge is -1.87. The van der Waals surface area contributed by atoms with E-state index < -0.39 is 0 Å². The maximum atomic E-state index is 11.5. The van der Waals surface area contributed by atoms with E-state index in [1.54, 1.807) is 6.07 Å². The molecule has 2 aromatic rings. The first-order valence-electron chi connectivity index (χ1n) is 3.30. The van der Waals surface area contributed by atoms with E-state index >= 15 is 0 Å². The van der Waals surface area contributed by atoms with E-state index in [1.165, 1.54) is 6.20 Å². The normalized spacial score (nSPS) is 10.2. The van der Waals surface area contributed by atoms with Crippen LogP contribution in [-0.4, -0.2) is 10.1 Å². The molecule has 0 spiro atoms. The van der Waals surface area contributed by atoms with Crippen LogP contribution >= 0.6 is 15.9 Å². The molecule has 0 amide bonds. The van der Waals surface area contributed by atoms with Crippen LogP contribution < -0.4 is 5.43 Å². The Labute approximate surface area is 80.1 Å². The van der Waals surface area contributed by atoms with Crippen molar-refractivity contribution >= 4 is 27.0 Å². The molecule has 0 aromatic carbocycles. The van der Waals surface area contributed by atoms with Gasteiger partial charge in [-0.3, -0.25) is 4.79 Å². The molecule has 0 aliphatic rings. The number of pyridine rings is 1. The van der Waals surface area contributed by atoms with Crippen molar-refractivity contribution in [1.29, 1.82) is 5.26 Å². The Morgan fingerprint density at radius 3 is 3.15 bits per heavy atom. The van der Waals surface area contributed by atoms with Crippen molar-refractivity contribution in [2.45, 2.75) is 0 Å². The molecule has 2 rings (SSSR count). The molecule has 0 fully saturated rings. The number of nitrogens with zero attached hydrogens (tertiary/aromatic N) is 2. The summed E-state index contributed by atoms with van der Waals surface area (Å²) in [6.45, 7) is 0. The molecule has 64 valence electrons. The molecular formula is C7H2BrN3O2. The van der Waals surface area contributed by atoms with E-state index in [0.29, 0.717) is 4.60 Å². The number of hydrogen-bond donors (Lipinski definition) is 1. The number of halogens is 1. The van der Waals surface area contributed by atoms with Gasteiger partial charge in [0, 0.05) is 6.20 Å². The minimum Gasteiger partial charge on any atom is -0.337 e. The van der Waals surface area contributed by atoms with Crippen molar-refractivity contribution < 1.29 is 4.52 Å². The zero-order chi connectivity index (χ0) is 9.42. The molecule has 0 saturated carbocycles. The molecule has 0 aliphatic heterocycles. The standard InChI is InChI=1S/C7H2BrN3O2/c8-6-4-5(12)3(1-9)2-10-7(4)13-11-6/h2H,(H,10,12). The fraction of sp³-hybridized carbons (Fsp3) is 0. The first-order chi connectivity index (χ1) is 6.24. The lowest BCUT2D eigenvalue weighted by atomic mass is 10.2. The summed E-state index contributed by atoms with van der Waals surface area (Å²) < 4.78 is 5.07. The van der Waals surface area contributed by atoms with Crippen LogP contribution in [0.1, 0.15) is 5.56 Å². The van der Waals surface area contributed by atoms with Gasteiger partial charge in [0.1, 0.15) is 17.0 Å². The highest BCUT2D eigenvalue weighted by molar-refractivity contribution is 9.10. The Morgan fingerprint density at radius 1 is 1.69 bits per heavy atom. The molecule has 0 unspecified atom stereocenters. The predicted molar refractivity (Wildman–Crippen MR) is 47.0 cm³/mol. The molecular weight excluding hydrogens is 238 g/mol. The minimum atomic E-state index is -0.385. The third-order valence-corrected chi connectivity index (χ3v) is 2.13. The van der Waals surface area contributed by atoms with Crippen LogP contribution in [0.15, 0.2) is 20.1 Å². The van der Waals surface area contributed by atoms with Crippen molar-refractivity contribution in [2.75, 3.05) is 0 Å². The first-order valence-corrected chi connectivity index (χ1v) is 4.10. The zero-order valence-corrected chi connectivity index (χ0v) is 7.75. The van der Waals surface area contributed by atoms with Crippen LogP contribution in [0, 0.1) is 11.3 Å². The van der Waals surface area contributed by atoms with Crippen LogP contribution in [-0.2, 0) is 0 Å². The van der Waals surface area contributed by atoms with Gasteiger partial charge in [-0.15, -0.1) is 0 Å². The SMILES string of the molecule is N#Cc1c[nH]c2onc(Br)c2c1=O. The minimum absolute atomic E-state index is 0.0383. The van der Waals surface area contributed by atoms with E-state index in [1.807, 2.05) is 0 Å². The van der Waals surface area contributed by atoms with Gasteiger partial charge in [0.15, 0.2) is 4.60 Å². The van der Waals surface area contributed by atoms with Gasteiger partial charge in [-0.25, -0.2) is 0 Å². The molecule has 13 heavy (non-hydrogen) atoms. The van der Waals surface area contributed by atoms with Crippen molar-refractivity contribution in [1.82, 2.24) is 10.1 Å². The maximum Gasteiger partial charge on any atom is 0.241 e. The lowest BCUT2D eigenvalue weighted by Crippen LogP contribution is -2.05. The second-order valence-corrected chi connectivity index (χ2v) is 3.07. The summed E-state index contributed by atoms with van der Waals surface area (Å²) in [6.07, 6.45) is 1.29. The van der Waals surface area contributed by atoms with Gasteiger partial charge in [-0.1, -0.05) is 5.16 Å². The monoisotopic (exact) mass is 239 g/mol. The van der Waals surface area contributed by atoms with Gasteiger partial charge in [0.05, 0.1) is 0 Å². The summed E-state index contributed by atoms with van der Waals surface area (Å²) in [5.74, 6) is 0. The van der Waals surface area contributed by atoms with Crippen LogP contribution in [0.25, 0.3) is 11.1 Å². The summed E-state index contributed by atoms with van der Waals surface area (Å²) in [6, 6.07) is 1.77. The summed E-state index contributed by atoms with van der Waals surface area (Å²) in [5, 5.41) is 12.4. The smallest absolute Gasteiger partial charge is 0.241 e. The highest BCUT2D eigenvalue weighted by Crippen LogP contribution is 2.17.